The number of nitrogens with zero attached hydrogens (tertiary/aromatic N) is 1. The van der Waals surface area contributed by atoms with Crippen molar-refractivity contribution in [2.24, 2.45) is 5.16 Å². The topological polar surface area (TPSA) is 79.1 Å². The van der Waals surface area contributed by atoms with Crippen LogP contribution in [0, 0.1) is 0 Å². The third-order valence-corrected chi connectivity index (χ3v) is 0.777. The molecule has 0 aliphatic carbocycles. The Balaban J connectivity index is 3.05. The van der Waals surface area contributed by atoms with Gasteiger partial charge in [-0.2, -0.15) is 0 Å². The molecule has 0 fully saturated rings. The van der Waals surface area contributed by atoms with Crippen LogP contribution < -0.4 is 0 Å². The van der Waals surface area contributed by atoms with Gasteiger partial charge in [-0.15, -0.1) is 0 Å². The minimum Gasteiger partial charge on any atom is -0.411 e. The van der Waals surface area contributed by atoms with Crippen molar-refractivity contribution in [1.29, 1.82) is 0 Å². The van der Waals surface area contributed by atoms with Crippen LogP contribution in [0.3, 0.4) is 0 Å². The van der Waals surface area contributed by atoms with Crippen molar-refractivity contribution in [2.45, 2.75) is 0 Å². The van der Waals surface area contributed by atoms with Crippen LogP contribution in [-0.4, -0.2) is 22.9 Å². The van der Waals surface area contributed by atoms with Crippen LogP contribution >= 0.6 is 8.25 Å². The highest BCUT2D eigenvalue weighted by Gasteiger charge is 1.85. The van der Waals surface area contributed by atoms with Crippen molar-refractivity contribution in [2.75, 3.05) is 6.61 Å². The van der Waals surface area contributed by atoms with Crippen molar-refractivity contribution in [1.82, 2.24) is 0 Å². The number of hydrogen-bond acceptors (Lipinski definition) is 4. The van der Waals surface area contributed by atoms with E-state index in [0.29, 0.717) is 0 Å². The van der Waals surface area contributed by atoms with Crippen molar-refractivity contribution in [3.63, 3.8) is 0 Å². The molecule has 1 atom stereocenters. The summed E-state index contributed by atoms with van der Waals surface area (Å²) in [4.78, 5) is 7.96. The first kappa shape index (κ1) is 7.62. The molecule has 0 aromatic rings. The molecule has 2 N–H and O–H groups in total. The lowest BCUT2D eigenvalue weighted by Crippen LogP contribution is -1.85. The molecule has 0 amide bonds. The molecule has 0 heterocycles. The zero-order valence-electron chi connectivity index (χ0n) is 3.94. The molecule has 48 valence electrons. The Morgan fingerprint density at radius 1 is 1.88 bits per heavy atom. The number of oxime groups is 1. The monoisotopic (exact) mass is 139 g/mol. The Hall–Kier alpha value is -0.380. The number of rotatable bonds is 3. The second kappa shape index (κ2) is 4.77. The van der Waals surface area contributed by atoms with Gasteiger partial charge in [0, 0.05) is 0 Å². The Morgan fingerprint density at radius 2 is 2.50 bits per heavy atom. The SMILES string of the molecule is O=[PH](O)OCC=NO. The summed E-state index contributed by atoms with van der Waals surface area (Å²) < 4.78 is 13.8. The Kier molecular flexibility index (Phi) is 4.54. The fourth-order valence-corrected chi connectivity index (χ4v) is 0.359. The van der Waals surface area contributed by atoms with Gasteiger partial charge in [0.25, 0.3) is 0 Å². The zero-order chi connectivity index (χ0) is 6.41. The van der Waals surface area contributed by atoms with E-state index >= 15 is 0 Å². The maximum Gasteiger partial charge on any atom is 0.316 e. The first-order valence-electron chi connectivity index (χ1n) is 1.79. The van der Waals surface area contributed by atoms with E-state index < -0.39 is 8.25 Å². The summed E-state index contributed by atoms with van der Waals surface area (Å²) in [6.45, 7) is -0.134. The summed E-state index contributed by atoms with van der Waals surface area (Å²) in [7, 11) is -2.86. The molecule has 0 aromatic carbocycles. The minimum atomic E-state index is -2.86. The number of hydrogen-bond donors (Lipinski definition) is 2. The van der Waals surface area contributed by atoms with Crippen molar-refractivity contribution >= 4 is 14.5 Å². The molecule has 0 saturated carbocycles. The normalized spacial score (nSPS) is 14.6. The van der Waals surface area contributed by atoms with E-state index in [1.54, 1.807) is 0 Å². The van der Waals surface area contributed by atoms with Gasteiger partial charge in [0.15, 0.2) is 0 Å². The van der Waals surface area contributed by atoms with Gasteiger partial charge in [0.2, 0.25) is 0 Å². The van der Waals surface area contributed by atoms with Crippen LogP contribution in [0.2, 0.25) is 0 Å². The Labute approximate surface area is 46.5 Å². The van der Waals surface area contributed by atoms with Gasteiger partial charge < -0.3 is 14.6 Å². The summed E-state index contributed by atoms with van der Waals surface area (Å²) in [6, 6.07) is 0. The van der Waals surface area contributed by atoms with Crippen LogP contribution in [0.25, 0.3) is 0 Å². The lowest BCUT2D eigenvalue weighted by Gasteiger charge is -1.88. The van der Waals surface area contributed by atoms with E-state index in [1.165, 1.54) is 0 Å². The molecule has 8 heavy (non-hydrogen) atoms. The van der Waals surface area contributed by atoms with E-state index in [4.69, 9.17) is 10.1 Å². The highest BCUT2D eigenvalue weighted by Crippen LogP contribution is 2.12. The van der Waals surface area contributed by atoms with Crippen molar-refractivity contribution in [3.05, 3.63) is 0 Å². The van der Waals surface area contributed by atoms with E-state index in [1.807, 2.05) is 0 Å². The van der Waals surface area contributed by atoms with Crippen LogP contribution in [0.5, 0.6) is 0 Å². The average Bonchev–Trinajstić information content (AvgIpc) is 1.66. The van der Waals surface area contributed by atoms with Gasteiger partial charge in [-0.1, -0.05) is 5.16 Å². The molecule has 1 unspecified atom stereocenters. The molecule has 0 spiro atoms. The second-order valence-corrected chi connectivity index (χ2v) is 1.70. The average molecular weight is 139 g/mol. The summed E-state index contributed by atoms with van der Waals surface area (Å²) in [5.41, 5.74) is 0. The van der Waals surface area contributed by atoms with Crippen LogP contribution in [0.15, 0.2) is 5.16 Å². The summed E-state index contributed by atoms with van der Waals surface area (Å²) >= 11 is 0. The van der Waals surface area contributed by atoms with Crippen LogP contribution in [0.4, 0.5) is 0 Å². The molecule has 0 radical (unpaired) electrons. The first-order chi connectivity index (χ1) is 3.77. The predicted molar refractivity (Wildman–Crippen MR) is 27.5 cm³/mol. The fraction of sp³-hybridized carbons (Fsp3) is 0.500. The molecular formula is C2H6NO4P. The standard InChI is InChI=1S/C2H6NO4P/c4-3-1-2-7-8(5)6/h1,4,8H,2H2,(H,5,6). The molecule has 0 bridgehead atoms. The lowest BCUT2D eigenvalue weighted by atomic mass is 10.8. The van der Waals surface area contributed by atoms with Crippen molar-refractivity contribution < 1.29 is 19.2 Å². The maximum absolute atomic E-state index is 9.69. The predicted octanol–water partition coefficient (Wildman–Crippen LogP) is -0.155. The van der Waals surface area contributed by atoms with E-state index in [-0.39, 0.29) is 6.61 Å². The molecule has 6 heteroatoms. The fourth-order valence-electron chi connectivity index (χ4n) is 0.142. The summed E-state index contributed by atoms with van der Waals surface area (Å²) in [5.74, 6) is 0. The smallest absolute Gasteiger partial charge is 0.316 e. The second-order valence-electron chi connectivity index (χ2n) is 0.875. The maximum atomic E-state index is 9.69. The van der Waals surface area contributed by atoms with Gasteiger partial charge >= 0.3 is 8.25 Å². The molecule has 5 nitrogen and oxygen atoms in total. The molecule has 0 aromatic heterocycles. The van der Waals surface area contributed by atoms with Gasteiger partial charge in [0.1, 0.15) is 0 Å². The van der Waals surface area contributed by atoms with Gasteiger partial charge in [0.05, 0.1) is 12.8 Å². The lowest BCUT2D eigenvalue weighted by molar-refractivity contribution is 0.302. The Morgan fingerprint density at radius 3 is 2.88 bits per heavy atom. The van der Waals surface area contributed by atoms with Gasteiger partial charge in [-0.3, -0.25) is 4.57 Å². The van der Waals surface area contributed by atoms with Gasteiger partial charge in [-0.25, -0.2) is 0 Å². The first-order valence-corrected chi connectivity index (χ1v) is 3.05. The van der Waals surface area contributed by atoms with Crippen molar-refractivity contribution in [3.8, 4) is 0 Å². The zero-order valence-corrected chi connectivity index (χ0v) is 4.94. The third-order valence-electron chi connectivity index (χ3n) is 0.363. The molecular weight excluding hydrogens is 133 g/mol. The highest BCUT2D eigenvalue weighted by atomic mass is 31.1. The van der Waals surface area contributed by atoms with Crippen LogP contribution in [-0.2, 0) is 9.09 Å². The quantitative estimate of drug-likeness (QED) is 0.246. The molecule has 0 aliphatic rings. The summed E-state index contributed by atoms with van der Waals surface area (Å²) in [6.07, 6.45) is 0.971. The minimum absolute atomic E-state index is 0.134. The largest absolute Gasteiger partial charge is 0.411 e. The molecule has 0 saturated heterocycles. The van der Waals surface area contributed by atoms with E-state index in [0.717, 1.165) is 6.21 Å². The van der Waals surface area contributed by atoms with E-state index in [9.17, 15) is 4.57 Å². The highest BCUT2D eigenvalue weighted by molar-refractivity contribution is 7.32. The molecule has 0 aliphatic heterocycles. The molecule has 0 rings (SSSR count). The summed E-state index contributed by atoms with van der Waals surface area (Å²) in [5, 5.41) is 10.2. The van der Waals surface area contributed by atoms with E-state index in [2.05, 4.69) is 9.68 Å². The third kappa shape index (κ3) is 5.62. The van der Waals surface area contributed by atoms with Gasteiger partial charge in [-0.05, 0) is 0 Å². The Bertz CT molecular complexity index is 102. The van der Waals surface area contributed by atoms with Crippen LogP contribution in [0.1, 0.15) is 0 Å².